The Morgan fingerprint density at radius 1 is 1.14 bits per heavy atom. The fraction of sp³-hybridized carbons (Fsp3) is 0.467. The average Bonchev–Trinajstić information content (AvgIpc) is 2.50. The van der Waals surface area contributed by atoms with E-state index in [1.54, 1.807) is 18.2 Å². The Kier molecular flexibility index (Phi) is 7.08. The molecule has 0 aliphatic heterocycles. The van der Waals surface area contributed by atoms with Gasteiger partial charge in [0.1, 0.15) is 0 Å². The summed E-state index contributed by atoms with van der Waals surface area (Å²) >= 11 is 0. The van der Waals surface area contributed by atoms with E-state index in [1.165, 1.54) is 14.2 Å². The van der Waals surface area contributed by atoms with Gasteiger partial charge in [0.15, 0.2) is 18.1 Å². The molecule has 6 nitrogen and oxygen atoms in total. The van der Waals surface area contributed by atoms with Crippen molar-refractivity contribution in [2.24, 2.45) is 0 Å². The van der Waals surface area contributed by atoms with E-state index in [-0.39, 0.29) is 12.6 Å². The van der Waals surface area contributed by atoms with E-state index in [9.17, 15) is 9.59 Å². The number of carbonyl (C=O) groups excluding carboxylic acids is 2. The van der Waals surface area contributed by atoms with Crippen molar-refractivity contribution in [3.05, 3.63) is 18.2 Å². The Morgan fingerprint density at radius 3 is 2.48 bits per heavy atom. The number of hydrogen-bond donors (Lipinski definition) is 1. The van der Waals surface area contributed by atoms with Gasteiger partial charge in [-0.3, -0.25) is 9.59 Å². The highest BCUT2D eigenvalue weighted by atomic mass is 16.5. The third-order valence-electron chi connectivity index (χ3n) is 2.77. The van der Waals surface area contributed by atoms with Gasteiger partial charge < -0.3 is 19.5 Å². The van der Waals surface area contributed by atoms with Gasteiger partial charge in [0.2, 0.25) is 0 Å². The maximum atomic E-state index is 11.7. The number of rotatable bonds is 8. The van der Waals surface area contributed by atoms with Gasteiger partial charge in [-0.05, 0) is 18.6 Å². The summed E-state index contributed by atoms with van der Waals surface area (Å²) in [5.74, 6) is 0.322. The zero-order valence-corrected chi connectivity index (χ0v) is 12.6. The van der Waals surface area contributed by atoms with E-state index in [0.717, 1.165) is 12.8 Å². The molecule has 0 fully saturated rings. The van der Waals surface area contributed by atoms with Crippen LogP contribution in [-0.4, -0.2) is 32.7 Å². The average molecular weight is 295 g/mol. The fourth-order valence-corrected chi connectivity index (χ4v) is 1.65. The number of anilines is 1. The van der Waals surface area contributed by atoms with E-state index >= 15 is 0 Å². The summed E-state index contributed by atoms with van der Waals surface area (Å²) in [5.41, 5.74) is 0.544. The van der Waals surface area contributed by atoms with Crippen molar-refractivity contribution in [3.63, 3.8) is 0 Å². The summed E-state index contributed by atoms with van der Waals surface area (Å²) in [4.78, 5) is 23.0. The van der Waals surface area contributed by atoms with Crippen LogP contribution in [-0.2, 0) is 14.3 Å². The standard InChI is InChI=1S/C15H21NO5/c1-4-5-6-15(18)21-10-14(17)16-11-7-8-12(19-2)13(9-11)20-3/h7-9H,4-6,10H2,1-3H3,(H,16,17). The molecule has 21 heavy (non-hydrogen) atoms. The third-order valence-corrected chi connectivity index (χ3v) is 2.77. The summed E-state index contributed by atoms with van der Waals surface area (Å²) in [6.45, 7) is 1.69. The Hall–Kier alpha value is -2.24. The molecule has 0 aliphatic rings. The molecule has 1 rings (SSSR count). The molecule has 1 amide bonds. The Morgan fingerprint density at radius 2 is 1.86 bits per heavy atom. The van der Waals surface area contributed by atoms with Crippen molar-refractivity contribution in [1.82, 2.24) is 0 Å². The van der Waals surface area contributed by atoms with Crippen LogP contribution in [0.2, 0.25) is 0 Å². The highest BCUT2D eigenvalue weighted by Crippen LogP contribution is 2.29. The van der Waals surface area contributed by atoms with Crippen LogP contribution >= 0.6 is 0 Å². The maximum Gasteiger partial charge on any atom is 0.306 e. The topological polar surface area (TPSA) is 73.9 Å². The molecule has 6 heteroatoms. The first kappa shape index (κ1) is 16.8. The maximum absolute atomic E-state index is 11.7. The molecule has 0 saturated heterocycles. The molecular formula is C15H21NO5. The molecule has 0 aliphatic carbocycles. The number of esters is 1. The van der Waals surface area contributed by atoms with Gasteiger partial charge in [0.25, 0.3) is 5.91 Å². The van der Waals surface area contributed by atoms with Gasteiger partial charge >= 0.3 is 5.97 Å². The molecule has 0 unspecified atom stereocenters. The normalized spacial score (nSPS) is 9.86. The summed E-state index contributed by atoms with van der Waals surface area (Å²) in [6, 6.07) is 5.00. The summed E-state index contributed by atoms with van der Waals surface area (Å²) in [7, 11) is 3.05. The molecule has 116 valence electrons. The lowest BCUT2D eigenvalue weighted by atomic mass is 10.2. The van der Waals surface area contributed by atoms with Gasteiger partial charge in [-0.15, -0.1) is 0 Å². The Bertz CT molecular complexity index is 487. The Labute approximate surface area is 124 Å². The van der Waals surface area contributed by atoms with E-state index in [2.05, 4.69) is 5.32 Å². The first-order valence-corrected chi connectivity index (χ1v) is 6.78. The number of unbranched alkanes of at least 4 members (excludes halogenated alkanes) is 1. The molecule has 0 atom stereocenters. The number of ether oxygens (including phenoxy) is 3. The van der Waals surface area contributed by atoms with Gasteiger partial charge in [-0.1, -0.05) is 13.3 Å². The number of hydrogen-bond acceptors (Lipinski definition) is 5. The molecule has 0 bridgehead atoms. The zero-order chi connectivity index (χ0) is 15.7. The largest absolute Gasteiger partial charge is 0.493 e. The van der Waals surface area contributed by atoms with Crippen molar-refractivity contribution < 1.29 is 23.8 Å². The second kappa shape index (κ2) is 8.84. The number of methoxy groups -OCH3 is 2. The third kappa shape index (κ3) is 5.72. The van der Waals surface area contributed by atoms with Crippen LogP contribution in [0.3, 0.4) is 0 Å². The zero-order valence-electron chi connectivity index (χ0n) is 12.6. The smallest absolute Gasteiger partial charge is 0.306 e. The first-order valence-electron chi connectivity index (χ1n) is 6.78. The van der Waals surface area contributed by atoms with E-state index in [0.29, 0.717) is 23.6 Å². The molecule has 0 heterocycles. The highest BCUT2D eigenvalue weighted by Gasteiger charge is 2.09. The molecular weight excluding hydrogens is 274 g/mol. The lowest BCUT2D eigenvalue weighted by Crippen LogP contribution is -2.20. The minimum atomic E-state index is -0.396. The van der Waals surface area contributed by atoms with Gasteiger partial charge in [-0.25, -0.2) is 0 Å². The molecule has 0 aromatic heterocycles. The van der Waals surface area contributed by atoms with E-state index < -0.39 is 5.91 Å². The lowest BCUT2D eigenvalue weighted by Gasteiger charge is -2.10. The molecule has 0 spiro atoms. The molecule has 1 aromatic carbocycles. The van der Waals surface area contributed by atoms with Crippen molar-refractivity contribution in [3.8, 4) is 11.5 Å². The number of carbonyl (C=O) groups is 2. The summed E-state index contributed by atoms with van der Waals surface area (Å²) in [6.07, 6.45) is 2.00. The minimum Gasteiger partial charge on any atom is -0.493 e. The number of amides is 1. The minimum absolute atomic E-state index is 0.295. The van der Waals surface area contributed by atoms with Crippen LogP contribution < -0.4 is 14.8 Å². The second-order valence-corrected chi connectivity index (χ2v) is 4.38. The highest BCUT2D eigenvalue weighted by molar-refractivity contribution is 5.93. The van der Waals surface area contributed by atoms with Crippen molar-refractivity contribution in [1.29, 1.82) is 0 Å². The SMILES string of the molecule is CCCCC(=O)OCC(=O)Nc1ccc(OC)c(OC)c1. The summed E-state index contributed by atoms with van der Waals surface area (Å²) < 4.78 is 15.1. The van der Waals surface area contributed by atoms with Crippen molar-refractivity contribution in [2.45, 2.75) is 26.2 Å². The number of nitrogens with one attached hydrogen (secondary N) is 1. The van der Waals surface area contributed by atoms with Crippen LogP contribution in [0.15, 0.2) is 18.2 Å². The first-order chi connectivity index (χ1) is 10.1. The van der Waals surface area contributed by atoms with Gasteiger partial charge in [0.05, 0.1) is 14.2 Å². The summed E-state index contributed by atoms with van der Waals surface area (Å²) in [5, 5.41) is 2.63. The predicted molar refractivity (Wildman–Crippen MR) is 78.7 cm³/mol. The van der Waals surface area contributed by atoms with Crippen LogP contribution in [0, 0.1) is 0 Å². The van der Waals surface area contributed by atoms with E-state index in [1.807, 2.05) is 6.92 Å². The fourth-order valence-electron chi connectivity index (χ4n) is 1.65. The van der Waals surface area contributed by atoms with Crippen LogP contribution in [0.1, 0.15) is 26.2 Å². The van der Waals surface area contributed by atoms with Gasteiger partial charge in [0, 0.05) is 18.2 Å². The molecule has 1 aromatic rings. The van der Waals surface area contributed by atoms with Crippen molar-refractivity contribution in [2.75, 3.05) is 26.1 Å². The second-order valence-electron chi connectivity index (χ2n) is 4.38. The molecule has 0 radical (unpaired) electrons. The van der Waals surface area contributed by atoms with Crippen LogP contribution in [0.25, 0.3) is 0 Å². The van der Waals surface area contributed by atoms with Gasteiger partial charge in [-0.2, -0.15) is 0 Å². The number of benzene rings is 1. The quantitative estimate of drug-likeness (QED) is 0.745. The van der Waals surface area contributed by atoms with Crippen molar-refractivity contribution >= 4 is 17.6 Å². The Balaban J connectivity index is 2.49. The lowest BCUT2D eigenvalue weighted by molar-refractivity contribution is -0.147. The predicted octanol–water partition coefficient (Wildman–Crippen LogP) is 2.38. The van der Waals surface area contributed by atoms with Crippen LogP contribution in [0.5, 0.6) is 11.5 Å². The molecule has 1 N–H and O–H groups in total. The molecule has 0 saturated carbocycles. The van der Waals surface area contributed by atoms with E-state index in [4.69, 9.17) is 14.2 Å². The van der Waals surface area contributed by atoms with Crippen LogP contribution in [0.4, 0.5) is 5.69 Å². The monoisotopic (exact) mass is 295 g/mol.